The largest absolute Gasteiger partial charge is 0.481 e. The zero-order valence-corrected chi connectivity index (χ0v) is 12.0. The van der Waals surface area contributed by atoms with Gasteiger partial charge in [-0.3, -0.25) is 9.69 Å². The van der Waals surface area contributed by atoms with Gasteiger partial charge in [-0.1, -0.05) is 19.9 Å². The molecular weight excluding hydrogens is 258 g/mol. The number of rotatable bonds is 7. The molecule has 110 valence electrons. The molecule has 0 saturated carbocycles. The first-order chi connectivity index (χ1) is 9.54. The van der Waals surface area contributed by atoms with Crippen molar-refractivity contribution in [3.8, 4) is 11.5 Å². The van der Waals surface area contributed by atoms with E-state index in [9.17, 15) is 4.79 Å². The molecule has 20 heavy (non-hydrogen) atoms. The Hall–Kier alpha value is -1.75. The van der Waals surface area contributed by atoms with E-state index >= 15 is 0 Å². The van der Waals surface area contributed by atoms with Crippen molar-refractivity contribution in [2.75, 3.05) is 19.9 Å². The molecule has 1 heterocycles. The molecule has 1 aliphatic rings. The van der Waals surface area contributed by atoms with Crippen molar-refractivity contribution >= 4 is 5.97 Å². The Morgan fingerprint density at radius 1 is 1.35 bits per heavy atom. The van der Waals surface area contributed by atoms with Crippen molar-refractivity contribution < 1.29 is 19.4 Å². The molecule has 5 heteroatoms. The zero-order valence-electron chi connectivity index (χ0n) is 12.0. The molecule has 0 unspecified atom stereocenters. The number of carboxylic acids is 1. The van der Waals surface area contributed by atoms with Crippen molar-refractivity contribution in [2.45, 2.75) is 26.8 Å². The van der Waals surface area contributed by atoms with Crippen LogP contribution in [0.4, 0.5) is 0 Å². The lowest BCUT2D eigenvalue weighted by atomic mass is 10.1. The summed E-state index contributed by atoms with van der Waals surface area (Å²) in [6.45, 7) is 6.69. The number of benzene rings is 1. The van der Waals surface area contributed by atoms with E-state index in [1.54, 1.807) is 0 Å². The number of carbonyl (C=O) groups is 1. The van der Waals surface area contributed by atoms with E-state index in [2.05, 4.69) is 18.7 Å². The first kappa shape index (κ1) is 14.7. The van der Waals surface area contributed by atoms with Gasteiger partial charge in [-0.25, -0.2) is 0 Å². The molecule has 0 aromatic heterocycles. The van der Waals surface area contributed by atoms with Gasteiger partial charge in [-0.15, -0.1) is 0 Å². The Labute approximate surface area is 119 Å². The van der Waals surface area contributed by atoms with Crippen LogP contribution in [0.25, 0.3) is 0 Å². The van der Waals surface area contributed by atoms with Gasteiger partial charge in [0.1, 0.15) is 0 Å². The number of carboxylic acid groups (broad SMARTS) is 1. The molecule has 1 N–H and O–H groups in total. The molecule has 1 aromatic rings. The van der Waals surface area contributed by atoms with E-state index in [1.807, 2.05) is 18.2 Å². The number of ether oxygens (including phenoxy) is 2. The van der Waals surface area contributed by atoms with E-state index in [1.165, 1.54) is 0 Å². The van der Waals surface area contributed by atoms with Gasteiger partial charge in [0.25, 0.3) is 0 Å². The fourth-order valence-electron chi connectivity index (χ4n) is 2.30. The summed E-state index contributed by atoms with van der Waals surface area (Å²) < 4.78 is 10.7. The summed E-state index contributed by atoms with van der Waals surface area (Å²) in [4.78, 5) is 12.9. The van der Waals surface area contributed by atoms with Crippen LogP contribution in [-0.2, 0) is 11.3 Å². The average molecular weight is 279 g/mol. The third kappa shape index (κ3) is 4.13. The zero-order chi connectivity index (χ0) is 14.5. The van der Waals surface area contributed by atoms with E-state index < -0.39 is 5.97 Å². The highest BCUT2D eigenvalue weighted by molar-refractivity contribution is 5.66. The summed E-state index contributed by atoms with van der Waals surface area (Å²) in [5, 5.41) is 8.83. The Kier molecular flexibility index (Phi) is 4.84. The normalized spacial score (nSPS) is 13.2. The maximum Gasteiger partial charge on any atom is 0.304 e. The molecule has 0 bridgehead atoms. The van der Waals surface area contributed by atoms with Crippen molar-refractivity contribution in [2.24, 2.45) is 5.92 Å². The first-order valence-corrected chi connectivity index (χ1v) is 6.87. The summed E-state index contributed by atoms with van der Waals surface area (Å²) >= 11 is 0. The number of hydrogen-bond donors (Lipinski definition) is 1. The second kappa shape index (κ2) is 6.61. The van der Waals surface area contributed by atoms with Gasteiger partial charge in [0.15, 0.2) is 11.5 Å². The van der Waals surface area contributed by atoms with Crippen LogP contribution in [0, 0.1) is 5.92 Å². The predicted molar refractivity (Wildman–Crippen MR) is 74.9 cm³/mol. The third-order valence-electron chi connectivity index (χ3n) is 3.11. The number of nitrogens with zero attached hydrogens (tertiary/aromatic N) is 1. The maximum atomic E-state index is 10.7. The minimum Gasteiger partial charge on any atom is -0.481 e. The van der Waals surface area contributed by atoms with Gasteiger partial charge < -0.3 is 14.6 Å². The van der Waals surface area contributed by atoms with Gasteiger partial charge in [-0.2, -0.15) is 0 Å². The lowest BCUT2D eigenvalue weighted by Crippen LogP contribution is -2.29. The summed E-state index contributed by atoms with van der Waals surface area (Å²) in [5.41, 5.74) is 1.11. The Morgan fingerprint density at radius 2 is 2.10 bits per heavy atom. The number of hydrogen-bond acceptors (Lipinski definition) is 4. The van der Waals surface area contributed by atoms with Crippen LogP contribution in [0.5, 0.6) is 11.5 Å². The fraction of sp³-hybridized carbons (Fsp3) is 0.533. The first-order valence-electron chi connectivity index (χ1n) is 6.87. The Morgan fingerprint density at radius 3 is 2.80 bits per heavy atom. The van der Waals surface area contributed by atoms with E-state index in [4.69, 9.17) is 14.6 Å². The molecule has 0 spiro atoms. The molecule has 1 aliphatic heterocycles. The number of fused-ring (bicyclic) bond motifs is 1. The minimum absolute atomic E-state index is 0.164. The van der Waals surface area contributed by atoms with Gasteiger partial charge in [0.2, 0.25) is 6.79 Å². The molecule has 0 aliphatic carbocycles. The average Bonchev–Trinajstić information content (AvgIpc) is 2.82. The van der Waals surface area contributed by atoms with Crippen LogP contribution in [-0.4, -0.2) is 35.9 Å². The van der Waals surface area contributed by atoms with Crippen LogP contribution in [0.2, 0.25) is 0 Å². The summed E-state index contributed by atoms with van der Waals surface area (Å²) in [5.74, 6) is 1.28. The monoisotopic (exact) mass is 279 g/mol. The Balaban J connectivity index is 2.00. The standard InChI is InChI=1S/C15H21NO4/c1-11(2)8-16(6-5-15(17)18)9-12-3-4-13-14(7-12)20-10-19-13/h3-4,7,11H,5-6,8-10H2,1-2H3,(H,17,18). The molecule has 0 amide bonds. The molecule has 2 rings (SSSR count). The summed E-state index contributed by atoms with van der Waals surface area (Å²) in [6, 6.07) is 5.88. The van der Waals surface area contributed by atoms with Gasteiger partial charge in [0.05, 0.1) is 6.42 Å². The predicted octanol–water partition coefficient (Wildman–Crippen LogP) is 2.35. The third-order valence-corrected chi connectivity index (χ3v) is 3.11. The molecule has 0 atom stereocenters. The summed E-state index contributed by atoms with van der Waals surface area (Å²) in [6.07, 6.45) is 0.164. The number of aliphatic carboxylic acids is 1. The highest BCUT2D eigenvalue weighted by atomic mass is 16.7. The fourth-order valence-corrected chi connectivity index (χ4v) is 2.30. The van der Waals surface area contributed by atoms with Gasteiger partial charge in [0, 0.05) is 19.6 Å². The van der Waals surface area contributed by atoms with E-state index in [-0.39, 0.29) is 13.2 Å². The van der Waals surface area contributed by atoms with Crippen LogP contribution in [0.1, 0.15) is 25.8 Å². The van der Waals surface area contributed by atoms with Crippen LogP contribution in [0.3, 0.4) is 0 Å². The Bertz CT molecular complexity index is 473. The molecular formula is C15H21NO4. The quantitative estimate of drug-likeness (QED) is 0.830. The lowest BCUT2D eigenvalue weighted by Gasteiger charge is -2.23. The van der Waals surface area contributed by atoms with Crippen LogP contribution >= 0.6 is 0 Å². The van der Waals surface area contributed by atoms with E-state index in [0.717, 1.165) is 30.2 Å². The highest BCUT2D eigenvalue weighted by Crippen LogP contribution is 2.32. The molecule has 1 aromatic carbocycles. The van der Waals surface area contributed by atoms with E-state index in [0.29, 0.717) is 12.5 Å². The second-order valence-electron chi connectivity index (χ2n) is 5.46. The van der Waals surface area contributed by atoms with Gasteiger partial charge >= 0.3 is 5.97 Å². The van der Waals surface area contributed by atoms with Gasteiger partial charge in [-0.05, 0) is 23.6 Å². The van der Waals surface area contributed by atoms with Crippen molar-refractivity contribution in [3.05, 3.63) is 23.8 Å². The van der Waals surface area contributed by atoms with Crippen molar-refractivity contribution in [1.82, 2.24) is 4.90 Å². The molecule has 0 radical (unpaired) electrons. The maximum absolute atomic E-state index is 10.7. The van der Waals surface area contributed by atoms with Crippen molar-refractivity contribution in [3.63, 3.8) is 0 Å². The SMILES string of the molecule is CC(C)CN(CCC(=O)O)Cc1ccc2c(c1)OCO2. The highest BCUT2D eigenvalue weighted by Gasteiger charge is 2.15. The van der Waals surface area contributed by atoms with Crippen LogP contribution < -0.4 is 9.47 Å². The second-order valence-corrected chi connectivity index (χ2v) is 5.46. The molecule has 5 nitrogen and oxygen atoms in total. The lowest BCUT2D eigenvalue weighted by molar-refractivity contribution is -0.137. The minimum atomic E-state index is -0.760. The van der Waals surface area contributed by atoms with Crippen LogP contribution in [0.15, 0.2) is 18.2 Å². The summed E-state index contributed by atoms with van der Waals surface area (Å²) in [7, 11) is 0. The molecule has 0 fully saturated rings. The van der Waals surface area contributed by atoms with Crippen molar-refractivity contribution in [1.29, 1.82) is 0 Å². The topological polar surface area (TPSA) is 59.0 Å². The molecule has 0 saturated heterocycles. The smallest absolute Gasteiger partial charge is 0.304 e.